The molecule has 1 atom stereocenters. The van der Waals surface area contributed by atoms with Crippen molar-refractivity contribution < 1.29 is 4.79 Å². The van der Waals surface area contributed by atoms with Crippen molar-refractivity contribution >= 4 is 21.8 Å². The molecule has 2 aromatic rings. The van der Waals surface area contributed by atoms with Crippen molar-refractivity contribution in [2.24, 2.45) is 0 Å². The smallest absolute Gasteiger partial charge is 0.257 e. The highest BCUT2D eigenvalue weighted by Crippen LogP contribution is 2.22. The standard InChI is InChI=1S/C17H20BrN3O/c1-12-5-3-4-10-20(12)17(22)16-11-19-21(13(16)2)15-8-6-14(18)7-9-15/h6-9,11-12H,3-5,10H2,1-2H3/t12-/m0/s1. The van der Waals surface area contributed by atoms with E-state index in [2.05, 4.69) is 28.0 Å². The van der Waals surface area contributed by atoms with Crippen LogP contribution in [0.5, 0.6) is 0 Å². The average Bonchev–Trinajstić information content (AvgIpc) is 2.90. The van der Waals surface area contributed by atoms with Gasteiger partial charge in [-0.1, -0.05) is 15.9 Å². The molecule has 1 aromatic carbocycles. The third-order valence-electron chi connectivity index (χ3n) is 4.38. The molecule has 22 heavy (non-hydrogen) atoms. The number of rotatable bonds is 2. The van der Waals surface area contributed by atoms with Gasteiger partial charge < -0.3 is 4.90 Å². The van der Waals surface area contributed by atoms with Crippen LogP contribution in [0.2, 0.25) is 0 Å². The zero-order valence-corrected chi connectivity index (χ0v) is 14.5. The molecule has 0 radical (unpaired) electrons. The Morgan fingerprint density at radius 3 is 2.68 bits per heavy atom. The van der Waals surface area contributed by atoms with Crippen LogP contribution >= 0.6 is 15.9 Å². The van der Waals surface area contributed by atoms with E-state index in [1.807, 2.05) is 40.8 Å². The Hall–Kier alpha value is -1.62. The van der Waals surface area contributed by atoms with Crippen LogP contribution in [-0.2, 0) is 0 Å². The minimum atomic E-state index is 0.105. The van der Waals surface area contributed by atoms with E-state index in [9.17, 15) is 4.79 Å². The van der Waals surface area contributed by atoms with Crippen LogP contribution in [0.4, 0.5) is 0 Å². The van der Waals surface area contributed by atoms with E-state index < -0.39 is 0 Å². The molecule has 1 aromatic heterocycles. The third-order valence-corrected chi connectivity index (χ3v) is 4.90. The highest BCUT2D eigenvalue weighted by atomic mass is 79.9. The number of halogens is 1. The second-order valence-electron chi connectivity index (χ2n) is 5.88. The molecule has 1 aliphatic heterocycles. The molecular formula is C17H20BrN3O. The van der Waals surface area contributed by atoms with Crippen LogP contribution in [0, 0.1) is 6.92 Å². The topological polar surface area (TPSA) is 38.1 Å². The van der Waals surface area contributed by atoms with Crippen LogP contribution in [0.15, 0.2) is 34.9 Å². The Balaban J connectivity index is 1.89. The molecule has 0 spiro atoms. The molecule has 116 valence electrons. The van der Waals surface area contributed by atoms with Crippen molar-refractivity contribution in [1.29, 1.82) is 0 Å². The predicted molar refractivity (Wildman–Crippen MR) is 90.4 cm³/mol. The lowest BCUT2D eigenvalue weighted by Crippen LogP contribution is -2.42. The number of likely N-dealkylation sites (tertiary alicyclic amines) is 1. The van der Waals surface area contributed by atoms with Gasteiger partial charge in [0, 0.05) is 17.1 Å². The maximum atomic E-state index is 12.8. The summed E-state index contributed by atoms with van der Waals surface area (Å²) in [6.07, 6.45) is 5.09. The van der Waals surface area contributed by atoms with Gasteiger partial charge in [0.1, 0.15) is 0 Å². The Labute approximate surface area is 139 Å². The molecule has 1 fully saturated rings. The van der Waals surface area contributed by atoms with Crippen LogP contribution in [0.25, 0.3) is 5.69 Å². The molecule has 0 bridgehead atoms. The second-order valence-corrected chi connectivity index (χ2v) is 6.79. The van der Waals surface area contributed by atoms with Crippen molar-refractivity contribution in [3.05, 3.63) is 46.2 Å². The number of carbonyl (C=O) groups excluding carboxylic acids is 1. The van der Waals surface area contributed by atoms with Crippen molar-refractivity contribution in [3.63, 3.8) is 0 Å². The third kappa shape index (κ3) is 2.82. The molecule has 2 heterocycles. The Bertz CT molecular complexity index is 678. The molecule has 1 amide bonds. The van der Waals surface area contributed by atoms with Gasteiger partial charge in [0.05, 0.1) is 23.1 Å². The number of hydrogen-bond donors (Lipinski definition) is 0. The maximum Gasteiger partial charge on any atom is 0.257 e. The van der Waals surface area contributed by atoms with Gasteiger partial charge in [-0.25, -0.2) is 4.68 Å². The summed E-state index contributed by atoms with van der Waals surface area (Å²) in [7, 11) is 0. The molecule has 4 nitrogen and oxygen atoms in total. The first kappa shape index (κ1) is 15.3. The van der Waals surface area contributed by atoms with Gasteiger partial charge in [0.15, 0.2) is 0 Å². The number of aromatic nitrogens is 2. The Morgan fingerprint density at radius 1 is 1.27 bits per heavy atom. The highest BCUT2D eigenvalue weighted by molar-refractivity contribution is 9.10. The van der Waals surface area contributed by atoms with Crippen LogP contribution in [-0.4, -0.2) is 33.2 Å². The highest BCUT2D eigenvalue weighted by Gasteiger charge is 2.26. The van der Waals surface area contributed by atoms with Gasteiger partial charge >= 0.3 is 0 Å². The lowest BCUT2D eigenvalue weighted by molar-refractivity contribution is 0.0635. The summed E-state index contributed by atoms with van der Waals surface area (Å²) in [5.74, 6) is 0.105. The zero-order chi connectivity index (χ0) is 15.7. The van der Waals surface area contributed by atoms with Crippen molar-refractivity contribution in [2.75, 3.05) is 6.54 Å². The summed E-state index contributed by atoms with van der Waals surface area (Å²) in [6.45, 7) is 4.94. The van der Waals surface area contributed by atoms with Gasteiger partial charge in [-0.05, 0) is 57.4 Å². The summed E-state index contributed by atoms with van der Waals surface area (Å²) in [6, 6.07) is 8.25. The van der Waals surface area contributed by atoms with Crippen molar-refractivity contribution in [1.82, 2.24) is 14.7 Å². The molecule has 1 saturated heterocycles. The number of carbonyl (C=O) groups is 1. The van der Waals surface area contributed by atoms with E-state index in [0.717, 1.165) is 35.2 Å². The van der Waals surface area contributed by atoms with Crippen LogP contribution in [0.3, 0.4) is 0 Å². The largest absolute Gasteiger partial charge is 0.336 e. The maximum absolute atomic E-state index is 12.8. The van der Waals surface area contributed by atoms with E-state index in [4.69, 9.17) is 0 Å². The summed E-state index contributed by atoms with van der Waals surface area (Å²) in [5, 5.41) is 4.41. The van der Waals surface area contributed by atoms with E-state index in [1.54, 1.807) is 6.20 Å². The molecule has 0 N–H and O–H groups in total. The van der Waals surface area contributed by atoms with E-state index >= 15 is 0 Å². The second kappa shape index (κ2) is 6.24. The van der Waals surface area contributed by atoms with Gasteiger partial charge in [0.2, 0.25) is 0 Å². The van der Waals surface area contributed by atoms with Gasteiger partial charge in [-0.15, -0.1) is 0 Å². The molecule has 3 rings (SSSR count). The van der Waals surface area contributed by atoms with E-state index in [0.29, 0.717) is 11.6 Å². The first-order chi connectivity index (χ1) is 10.6. The number of benzene rings is 1. The quantitative estimate of drug-likeness (QED) is 0.811. The van der Waals surface area contributed by atoms with Crippen molar-refractivity contribution in [2.45, 2.75) is 39.2 Å². The summed E-state index contributed by atoms with van der Waals surface area (Å²) in [5.41, 5.74) is 2.56. The minimum Gasteiger partial charge on any atom is -0.336 e. The molecule has 0 saturated carbocycles. The number of hydrogen-bond acceptors (Lipinski definition) is 2. The fourth-order valence-corrected chi connectivity index (χ4v) is 3.28. The molecular weight excluding hydrogens is 342 g/mol. The van der Waals surface area contributed by atoms with Gasteiger partial charge in [-0.3, -0.25) is 4.79 Å². The number of amides is 1. The number of nitrogens with zero attached hydrogens (tertiary/aromatic N) is 3. The molecule has 0 unspecified atom stereocenters. The molecule has 1 aliphatic rings. The SMILES string of the molecule is Cc1c(C(=O)N2CCCC[C@@H]2C)cnn1-c1ccc(Br)cc1. The van der Waals surface area contributed by atoms with E-state index in [1.165, 1.54) is 6.42 Å². The normalized spacial score (nSPS) is 18.5. The first-order valence-electron chi connectivity index (χ1n) is 7.69. The summed E-state index contributed by atoms with van der Waals surface area (Å²) >= 11 is 3.43. The predicted octanol–water partition coefficient (Wildman–Crippen LogP) is 3.96. The minimum absolute atomic E-state index is 0.105. The zero-order valence-electron chi connectivity index (χ0n) is 12.9. The van der Waals surface area contributed by atoms with Gasteiger partial charge in [-0.2, -0.15) is 5.10 Å². The average molecular weight is 362 g/mol. The Morgan fingerprint density at radius 2 is 2.00 bits per heavy atom. The summed E-state index contributed by atoms with van der Waals surface area (Å²) < 4.78 is 2.85. The molecule has 0 aliphatic carbocycles. The summed E-state index contributed by atoms with van der Waals surface area (Å²) in [4.78, 5) is 14.8. The fraction of sp³-hybridized carbons (Fsp3) is 0.412. The van der Waals surface area contributed by atoms with Crippen LogP contribution < -0.4 is 0 Å². The Kier molecular flexibility index (Phi) is 4.34. The number of piperidine rings is 1. The van der Waals surface area contributed by atoms with Gasteiger partial charge in [0.25, 0.3) is 5.91 Å². The fourth-order valence-electron chi connectivity index (χ4n) is 3.02. The first-order valence-corrected chi connectivity index (χ1v) is 8.49. The monoisotopic (exact) mass is 361 g/mol. The lowest BCUT2D eigenvalue weighted by Gasteiger charge is -2.33. The molecule has 5 heteroatoms. The van der Waals surface area contributed by atoms with Crippen LogP contribution in [0.1, 0.15) is 42.2 Å². The van der Waals surface area contributed by atoms with Crippen molar-refractivity contribution in [3.8, 4) is 5.69 Å². The lowest BCUT2D eigenvalue weighted by atomic mass is 10.0. The van der Waals surface area contributed by atoms with E-state index in [-0.39, 0.29) is 5.91 Å².